The van der Waals surface area contributed by atoms with E-state index in [0.29, 0.717) is 5.56 Å². The number of halogens is 3. The summed E-state index contributed by atoms with van der Waals surface area (Å²) in [7, 11) is 1.76. The molecule has 1 heterocycles. The number of benzene rings is 1. The van der Waals surface area contributed by atoms with Crippen molar-refractivity contribution < 1.29 is 8.78 Å². The van der Waals surface area contributed by atoms with Crippen LogP contribution in [0.2, 0.25) is 0 Å². The highest BCUT2D eigenvalue weighted by Gasteiger charge is 2.15. The lowest BCUT2D eigenvalue weighted by molar-refractivity contribution is 0.572. The highest BCUT2D eigenvalue weighted by Crippen LogP contribution is 2.31. The van der Waals surface area contributed by atoms with E-state index in [0.717, 1.165) is 14.7 Å². The molecule has 0 aliphatic carbocycles. The molecule has 2 aromatic rings. The second-order valence-corrected chi connectivity index (χ2v) is 6.06. The Morgan fingerprint density at radius 1 is 1.18 bits per heavy atom. The van der Waals surface area contributed by atoms with E-state index in [1.165, 1.54) is 23.5 Å². The van der Waals surface area contributed by atoms with Crippen LogP contribution >= 0.6 is 27.3 Å². The summed E-state index contributed by atoms with van der Waals surface area (Å²) in [5.74, 6) is -1.12. The first kappa shape index (κ1) is 12.7. The van der Waals surface area contributed by atoms with Crippen molar-refractivity contribution >= 4 is 27.3 Å². The standard InChI is InChI=1S/C12H10BrF2NS/c1-16-12(10-2-3-11(13)17-10)7-4-8(14)6-9(15)5-7/h2-6,12,16H,1H3. The van der Waals surface area contributed by atoms with E-state index in [9.17, 15) is 8.78 Å². The van der Waals surface area contributed by atoms with Gasteiger partial charge in [0.2, 0.25) is 0 Å². The smallest absolute Gasteiger partial charge is 0.126 e. The Morgan fingerprint density at radius 3 is 2.29 bits per heavy atom. The summed E-state index contributed by atoms with van der Waals surface area (Å²) in [6, 6.07) is 7.21. The summed E-state index contributed by atoms with van der Waals surface area (Å²) in [4.78, 5) is 1.00. The van der Waals surface area contributed by atoms with Crippen LogP contribution in [-0.2, 0) is 0 Å². The van der Waals surface area contributed by atoms with E-state index in [1.807, 2.05) is 12.1 Å². The zero-order valence-electron chi connectivity index (χ0n) is 9.01. The minimum Gasteiger partial charge on any atom is -0.309 e. The molecular weight excluding hydrogens is 308 g/mol. The van der Waals surface area contributed by atoms with Gasteiger partial charge in [-0.15, -0.1) is 11.3 Å². The molecule has 5 heteroatoms. The number of nitrogens with one attached hydrogen (secondary N) is 1. The van der Waals surface area contributed by atoms with Crippen LogP contribution in [0.4, 0.5) is 8.78 Å². The van der Waals surface area contributed by atoms with E-state index < -0.39 is 11.6 Å². The fourth-order valence-corrected chi connectivity index (χ4v) is 3.26. The van der Waals surface area contributed by atoms with Gasteiger partial charge in [-0.1, -0.05) is 0 Å². The van der Waals surface area contributed by atoms with Gasteiger partial charge in [0.25, 0.3) is 0 Å². The van der Waals surface area contributed by atoms with Crippen LogP contribution in [-0.4, -0.2) is 7.05 Å². The molecule has 0 saturated heterocycles. The number of hydrogen-bond acceptors (Lipinski definition) is 2. The van der Waals surface area contributed by atoms with Crippen molar-refractivity contribution in [2.45, 2.75) is 6.04 Å². The molecule has 0 spiro atoms. The summed E-state index contributed by atoms with van der Waals surface area (Å²) < 4.78 is 27.3. The molecule has 1 nitrogen and oxygen atoms in total. The topological polar surface area (TPSA) is 12.0 Å². The highest BCUT2D eigenvalue weighted by molar-refractivity contribution is 9.11. The Balaban J connectivity index is 2.41. The first-order chi connectivity index (χ1) is 8.10. The van der Waals surface area contributed by atoms with Gasteiger partial charge in [-0.2, -0.15) is 0 Å². The van der Waals surface area contributed by atoms with Crippen LogP contribution in [0, 0.1) is 11.6 Å². The third kappa shape index (κ3) is 2.91. The molecule has 0 aliphatic heterocycles. The van der Waals surface area contributed by atoms with Gasteiger partial charge in [0.1, 0.15) is 11.6 Å². The minimum atomic E-state index is -0.559. The monoisotopic (exact) mass is 317 g/mol. The fraction of sp³-hybridized carbons (Fsp3) is 0.167. The number of thiophene rings is 1. The average Bonchev–Trinajstić information content (AvgIpc) is 2.64. The lowest BCUT2D eigenvalue weighted by Crippen LogP contribution is -2.16. The van der Waals surface area contributed by atoms with E-state index in [2.05, 4.69) is 21.2 Å². The number of hydrogen-bond donors (Lipinski definition) is 1. The van der Waals surface area contributed by atoms with Crippen molar-refractivity contribution in [3.63, 3.8) is 0 Å². The molecule has 2 rings (SSSR count). The van der Waals surface area contributed by atoms with E-state index in [-0.39, 0.29) is 6.04 Å². The average molecular weight is 318 g/mol. The maximum absolute atomic E-state index is 13.2. The quantitative estimate of drug-likeness (QED) is 0.898. The molecular formula is C12H10BrF2NS. The Hall–Kier alpha value is -0.780. The van der Waals surface area contributed by atoms with Gasteiger partial charge in [-0.25, -0.2) is 8.78 Å². The lowest BCUT2D eigenvalue weighted by Gasteiger charge is -2.15. The third-order valence-electron chi connectivity index (χ3n) is 2.39. The molecule has 90 valence electrons. The molecule has 1 N–H and O–H groups in total. The van der Waals surface area contributed by atoms with Crippen molar-refractivity contribution in [1.82, 2.24) is 5.32 Å². The number of rotatable bonds is 3. The van der Waals surface area contributed by atoms with Gasteiger partial charge in [-0.3, -0.25) is 0 Å². The predicted molar refractivity (Wildman–Crippen MR) is 69.3 cm³/mol. The van der Waals surface area contributed by atoms with Crippen LogP contribution in [0.15, 0.2) is 34.1 Å². The van der Waals surface area contributed by atoms with E-state index in [1.54, 1.807) is 7.05 Å². The van der Waals surface area contributed by atoms with E-state index in [4.69, 9.17) is 0 Å². The molecule has 0 amide bonds. The van der Waals surface area contributed by atoms with Crippen LogP contribution in [0.25, 0.3) is 0 Å². The third-order valence-corrected chi connectivity index (χ3v) is 4.07. The normalized spacial score (nSPS) is 12.7. The molecule has 1 aromatic carbocycles. The molecule has 1 aromatic heterocycles. The van der Waals surface area contributed by atoms with Gasteiger partial charge >= 0.3 is 0 Å². The fourth-order valence-electron chi connectivity index (χ4n) is 1.70. The zero-order valence-corrected chi connectivity index (χ0v) is 11.4. The zero-order chi connectivity index (χ0) is 12.4. The molecule has 1 unspecified atom stereocenters. The molecule has 0 radical (unpaired) electrons. The van der Waals surface area contributed by atoms with Crippen molar-refractivity contribution in [2.75, 3.05) is 7.05 Å². The van der Waals surface area contributed by atoms with Gasteiger partial charge in [0.05, 0.1) is 9.83 Å². The van der Waals surface area contributed by atoms with Crippen LogP contribution in [0.3, 0.4) is 0 Å². The maximum Gasteiger partial charge on any atom is 0.126 e. The summed E-state index contributed by atoms with van der Waals surface area (Å²) in [5.41, 5.74) is 0.583. The first-order valence-corrected chi connectivity index (χ1v) is 6.59. The molecule has 1 atom stereocenters. The summed E-state index contributed by atoms with van der Waals surface area (Å²) >= 11 is 4.91. The maximum atomic E-state index is 13.2. The van der Waals surface area contributed by atoms with Crippen molar-refractivity contribution in [3.8, 4) is 0 Å². The van der Waals surface area contributed by atoms with Gasteiger partial charge in [-0.05, 0) is 52.8 Å². The van der Waals surface area contributed by atoms with Gasteiger partial charge < -0.3 is 5.32 Å². The predicted octanol–water partition coefficient (Wildman–Crippen LogP) is 4.10. The molecule has 0 saturated carbocycles. The lowest BCUT2D eigenvalue weighted by atomic mass is 10.1. The molecule has 0 fully saturated rings. The Kier molecular flexibility index (Phi) is 3.91. The van der Waals surface area contributed by atoms with Gasteiger partial charge in [0.15, 0.2) is 0 Å². The van der Waals surface area contributed by atoms with Crippen LogP contribution in [0.1, 0.15) is 16.5 Å². The second-order valence-electron chi connectivity index (χ2n) is 3.57. The summed E-state index contributed by atoms with van der Waals surface area (Å²) in [6.45, 7) is 0. The Bertz CT molecular complexity index is 507. The van der Waals surface area contributed by atoms with Crippen molar-refractivity contribution in [1.29, 1.82) is 0 Å². The van der Waals surface area contributed by atoms with Gasteiger partial charge in [0, 0.05) is 10.9 Å². The van der Waals surface area contributed by atoms with E-state index >= 15 is 0 Å². The molecule has 0 aliphatic rings. The van der Waals surface area contributed by atoms with Crippen molar-refractivity contribution in [2.24, 2.45) is 0 Å². The molecule has 17 heavy (non-hydrogen) atoms. The minimum absolute atomic E-state index is 0.198. The SMILES string of the molecule is CNC(c1cc(F)cc(F)c1)c1ccc(Br)s1. The van der Waals surface area contributed by atoms with Crippen LogP contribution in [0.5, 0.6) is 0 Å². The summed E-state index contributed by atoms with van der Waals surface area (Å²) in [5, 5.41) is 3.06. The highest BCUT2D eigenvalue weighted by atomic mass is 79.9. The van der Waals surface area contributed by atoms with Crippen molar-refractivity contribution in [3.05, 3.63) is 56.2 Å². The second kappa shape index (κ2) is 5.25. The first-order valence-electron chi connectivity index (χ1n) is 4.98. The largest absolute Gasteiger partial charge is 0.309 e. The molecule has 0 bridgehead atoms. The Labute approximate surface area is 111 Å². The Morgan fingerprint density at radius 2 is 1.82 bits per heavy atom. The van der Waals surface area contributed by atoms with Crippen LogP contribution < -0.4 is 5.32 Å². The summed E-state index contributed by atoms with van der Waals surface area (Å²) in [6.07, 6.45) is 0.